The molecule has 0 fully saturated rings. The lowest BCUT2D eigenvalue weighted by molar-refractivity contribution is 0.830. The van der Waals surface area contributed by atoms with Gasteiger partial charge in [-0.25, -0.2) is 0 Å². The molecular weight excluding hydrogens is 388 g/mol. The van der Waals surface area contributed by atoms with E-state index in [0.29, 0.717) is 0 Å². The van der Waals surface area contributed by atoms with Crippen molar-refractivity contribution < 1.29 is 0 Å². The summed E-state index contributed by atoms with van der Waals surface area (Å²) in [7, 11) is 0. The zero-order valence-electron chi connectivity index (χ0n) is 14.0. The second-order valence-electron chi connectivity index (χ2n) is 6.95. The third-order valence-electron chi connectivity index (χ3n) is 5.48. The highest BCUT2D eigenvalue weighted by molar-refractivity contribution is 9.11. The first-order chi connectivity index (χ1) is 12.3. The second-order valence-corrected chi connectivity index (χ2v) is 9.50. The average molecular weight is 407 g/mol. The average Bonchev–Trinajstić information content (AvgIpc) is 3.06. The molecule has 5 rings (SSSR count). The van der Waals surface area contributed by atoms with Gasteiger partial charge in [0.05, 0.1) is 3.79 Å². The van der Waals surface area contributed by atoms with E-state index in [0.717, 1.165) is 6.42 Å². The van der Waals surface area contributed by atoms with Gasteiger partial charge in [0.25, 0.3) is 0 Å². The van der Waals surface area contributed by atoms with Gasteiger partial charge in [0.15, 0.2) is 0 Å². The first-order valence-corrected chi connectivity index (χ1v) is 10.6. The number of benzene rings is 2. The van der Waals surface area contributed by atoms with E-state index in [1.165, 1.54) is 61.8 Å². The van der Waals surface area contributed by atoms with Gasteiger partial charge in [-0.2, -0.15) is 0 Å². The predicted molar refractivity (Wildman–Crippen MR) is 112 cm³/mol. The summed E-state index contributed by atoms with van der Waals surface area (Å²) >= 11 is 5.44. The molecule has 1 heterocycles. The molecule has 0 saturated carbocycles. The molecule has 0 bridgehead atoms. The highest BCUT2D eigenvalue weighted by Crippen LogP contribution is 2.41. The number of fused-ring (bicyclic) bond motifs is 4. The van der Waals surface area contributed by atoms with Gasteiger partial charge in [0.1, 0.15) is 0 Å². The van der Waals surface area contributed by atoms with Gasteiger partial charge in [0, 0.05) is 11.3 Å². The minimum Gasteiger partial charge on any atom is -0.133 e. The van der Waals surface area contributed by atoms with Crippen molar-refractivity contribution in [3.63, 3.8) is 0 Å². The predicted octanol–water partition coefficient (Wildman–Crippen LogP) is 7.30. The van der Waals surface area contributed by atoms with Crippen molar-refractivity contribution in [1.29, 1.82) is 0 Å². The molecule has 25 heavy (non-hydrogen) atoms. The molecule has 2 heteroatoms. The summed E-state index contributed by atoms with van der Waals surface area (Å²) in [4.78, 5) is 1.42. The number of aryl methyl sites for hydroxylation is 1. The van der Waals surface area contributed by atoms with Crippen LogP contribution in [0.4, 0.5) is 0 Å². The van der Waals surface area contributed by atoms with Crippen molar-refractivity contribution in [3.8, 4) is 0 Å². The molecule has 3 aromatic rings. The molecule has 2 aliphatic rings. The third-order valence-corrected chi connectivity index (χ3v) is 7.10. The Bertz CT molecular complexity index is 1040. The molecule has 0 amide bonds. The van der Waals surface area contributed by atoms with Crippen molar-refractivity contribution in [2.45, 2.75) is 32.1 Å². The Kier molecular flexibility index (Phi) is 3.91. The summed E-state index contributed by atoms with van der Waals surface area (Å²) < 4.78 is 1.21. The van der Waals surface area contributed by atoms with E-state index >= 15 is 0 Å². The number of rotatable bonds is 2. The van der Waals surface area contributed by atoms with Crippen LogP contribution in [0.1, 0.15) is 40.8 Å². The molecule has 124 valence electrons. The Morgan fingerprint density at radius 3 is 2.80 bits per heavy atom. The summed E-state index contributed by atoms with van der Waals surface area (Å²) in [6, 6.07) is 15.9. The Hall–Kier alpha value is -1.64. The van der Waals surface area contributed by atoms with Crippen LogP contribution in [0.15, 0.2) is 64.0 Å². The highest BCUT2D eigenvalue weighted by Gasteiger charge is 2.21. The Balaban J connectivity index is 1.70. The summed E-state index contributed by atoms with van der Waals surface area (Å²) in [5.74, 6) is 0. The molecular formula is C23H19BrS. The molecule has 0 nitrogen and oxygen atoms in total. The quantitative estimate of drug-likeness (QED) is 0.418. The molecule has 0 saturated heterocycles. The van der Waals surface area contributed by atoms with Crippen LogP contribution in [0.5, 0.6) is 0 Å². The molecule has 1 aromatic heterocycles. The fraction of sp³-hybridized carbons (Fsp3) is 0.217. The summed E-state index contributed by atoms with van der Waals surface area (Å²) in [5.41, 5.74) is 7.67. The standard InChI is InChI=1S/C23H19BrS/c24-22-13-10-18(25-22)14-17-6-3-5-16-9-11-20-19-7-2-1-4-15(19)8-12-21(20)23(16)17/h2-3,5-7,9-11,13H,1,4,8,12,14H2. The van der Waals surface area contributed by atoms with Gasteiger partial charge >= 0.3 is 0 Å². The molecule has 0 unspecified atom stereocenters. The van der Waals surface area contributed by atoms with Crippen LogP contribution < -0.4 is 0 Å². The molecule has 0 radical (unpaired) electrons. The number of halogens is 1. The van der Waals surface area contributed by atoms with Gasteiger partial charge in [-0.3, -0.25) is 0 Å². The summed E-state index contributed by atoms with van der Waals surface area (Å²) in [6.07, 6.45) is 10.6. The van der Waals surface area contributed by atoms with Crippen molar-refractivity contribution in [2.24, 2.45) is 0 Å². The first kappa shape index (κ1) is 15.6. The Morgan fingerprint density at radius 1 is 0.960 bits per heavy atom. The van der Waals surface area contributed by atoms with E-state index in [1.807, 2.05) is 11.3 Å². The van der Waals surface area contributed by atoms with Crippen molar-refractivity contribution in [3.05, 3.63) is 85.5 Å². The fourth-order valence-electron chi connectivity index (χ4n) is 4.36. The minimum atomic E-state index is 1.02. The zero-order chi connectivity index (χ0) is 16.8. The van der Waals surface area contributed by atoms with Crippen LogP contribution in [0.2, 0.25) is 0 Å². The Labute approximate surface area is 161 Å². The largest absolute Gasteiger partial charge is 0.133 e. The van der Waals surface area contributed by atoms with E-state index in [4.69, 9.17) is 0 Å². The van der Waals surface area contributed by atoms with Gasteiger partial charge in [-0.05, 0) is 86.8 Å². The van der Waals surface area contributed by atoms with Crippen LogP contribution in [-0.4, -0.2) is 0 Å². The van der Waals surface area contributed by atoms with E-state index in [1.54, 1.807) is 11.1 Å². The number of hydrogen-bond acceptors (Lipinski definition) is 1. The molecule has 0 atom stereocenters. The second kappa shape index (κ2) is 6.26. The zero-order valence-corrected chi connectivity index (χ0v) is 16.4. The topological polar surface area (TPSA) is 0 Å². The maximum Gasteiger partial charge on any atom is 0.0701 e. The normalized spacial score (nSPS) is 16.2. The van der Waals surface area contributed by atoms with Gasteiger partial charge < -0.3 is 0 Å². The van der Waals surface area contributed by atoms with E-state index in [2.05, 4.69) is 70.5 Å². The van der Waals surface area contributed by atoms with E-state index in [-0.39, 0.29) is 0 Å². The van der Waals surface area contributed by atoms with Crippen LogP contribution in [-0.2, 0) is 12.8 Å². The molecule has 0 N–H and O–H groups in total. The van der Waals surface area contributed by atoms with Crippen molar-refractivity contribution >= 4 is 43.6 Å². The van der Waals surface area contributed by atoms with Crippen LogP contribution in [0, 0.1) is 0 Å². The molecule has 2 aliphatic carbocycles. The van der Waals surface area contributed by atoms with Gasteiger partial charge in [-0.15, -0.1) is 11.3 Å². The lowest BCUT2D eigenvalue weighted by Crippen LogP contribution is -2.08. The van der Waals surface area contributed by atoms with Crippen molar-refractivity contribution in [1.82, 2.24) is 0 Å². The highest BCUT2D eigenvalue weighted by atomic mass is 79.9. The van der Waals surface area contributed by atoms with Crippen LogP contribution in [0.3, 0.4) is 0 Å². The SMILES string of the molecule is Brc1ccc(Cc2cccc3ccc4c(c23)CCC2=C4C=CCC2)s1. The van der Waals surface area contributed by atoms with Gasteiger partial charge in [-0.1, -0.05) is 48.1 Å². The fourth-order valence-corrected chi connectivity index (χ4v) is 5.86. The number of thiophene rings is 1. The lowest BCUT2D eigenvalue weighted by atomic mass is 9.78. The maximum atomic E-state index is 3.60. The first-order valence-electron chi connectivity index (χ1n) is 8.96. The van der Waals surface area contributed by atoms with Crippen LogP contribution >= 0.6 is 27.3 Å². The minimum absolute atomic E-state index is 1.02. The Morgan fingerprint density at radius 2 is 1.92 bits per heavy atom. The third kappa shape index (κ3) is 2.72. The molecule has 0 aliphatic heterocycles. The monoisotopic (exact) mass is 406 g/mol. The maximum absolute atomic E-state index is 3.60. The number of hydrogen-bond donors (Lipinski definition) is 0. The summed E-state index contributed by atoms with van der Waals surface area (Å²) in [5, 5.41) is 2.88. The number of allylic oxidation sites excluding steroid dienone is 4. The molecule has 2 aromatic carbocycles. The van der Waals surface area contributed by atoms with Gasteiger partial charge in [0.2, 0.25) is 0 Å². The van der Waals surface area contributed by atoms with Crippen LogP contribution in [0.25, 0.3) is 16.3 Å². The lowest BCUT2D eigenvalue weighted by Gasteiger charge is -2.26. The van der Waals surface area contributed by atoms with E-state index < -0.39 is 0 Å². The van der Waals surface area contributed by atoms with Crippen molar-refractivity contribution in [2.75, 3.05) is 0 Å². The molecule has 0 spiro atoms. The summed E-state index contributed by atoms with van der Waals surface area (Å²) in [6.45, 7) is 0. The van der Waals surface area contributed by atoms with E-state index in [9.17, 15) is 0 Å². The smallest absolute Gasteiger partial charge is 0.0701 e.